The first-order valence-corrected chi connectivity index (χ1v) is 6.38. The van der Waals surface area contributed by atoms with Gasteiger partial charge in [0.05, 0.1) is 5.60 Å². The highest BCUT2D eigenvalue weighted by molar-refractivity contribution is 7.99. The van der Waals surface area contributed by atoms with Gasteiger partial charge in [0.25, 0.3) is 0 Å². The standard InChI is InChI=1S/C10H21NOS/c1-3-11-9(2)10(12)5-4-7-13-8-6-10/h9,11-12H,3-8H2,1-2H3. The fraction of sp³-hybridized carbons (Fsp3) is 1.00. The summed E-state index contributed by atoms with van der Waals surface area (Å²) in [5.41, 5.74) is -0.459. The summed E-state index contributed by atoms with van der Waals surface area (Å²) in [6.45, 7) is 5.13. The molecule has 0 aliphatic carbocycles. The van der Waals surface area contributed by atoms with Crippen molar-refractivity contribution in [2.45, 2.75) is 44.8 Å². The molecule has 1 saturated heterocycles. The van der Waals surface area contributed by atoms with Crippen molar-refractivity contribution in [3.05, 3.63) is 0 Å². The minimum absolute atomic E-state index is 0.233. The van der Waals surface area contributed by atoms with Gasteiger partial charge in [0.15, 0.2) is 0 Å². The lowest BCUT2D eigenvalue weighted by atomic mass is 9.88. The lowest BCUT2D eigenvalue weighted by Crippen LogP contribution is -2.49. The van der Waals surface area contributed by atoms with Gasteiger partial charge in [-0.15, -0.1) is 0 Å². The smallest absolute Gasteiger partial charge is 0.0805 e. The summed E-state index contributed by atoms with van der Waals surface area (Å²) in [6.07, 6.45) is 3.04. The third-order valence-corrected chi connectivity index (χ3v) is 3.96. The van der Waals surface area contributed by atoms with Gasteiger partial charge in [0, 0.05) is 6.04 Å². The van der Waals surface area contributed by atoms with Crippen LogP contribution in [0.2, 0.25) is 0 Å². The van der Waals surface area contributed by atoms with Gasteiger partial charge in [0.1, 0.15) is 0 Å². The van der Waals surface area contributed by atoms with Crippen molar-refractivity contribution in [1.82, 2.24) is 5.32 Å². The zero-order valence-electron chi connectivity index (χ0n) is 8.68. The third-order valence-electron chi connectivity index (χ3n) is 2.89. The summed E-state index contributed by atoms with van der Waals surface area (Å²) >= 11 is 1.97. The van der Waals surface area contributed by atoms with Crippen molar-refractivity contribution in [2.24, 2.45) is 0 Å². The molecule has 2 N–H and O–H groups in total. The van der Waals surface area contributed by atoms with Crippen molar-refractivity contribution in [3.63, 3.8) is 0 Å². The average Bonchev–Trinajstić information content (AvgIpc) is 2.32. The molecule has 2 nitrogen and oxygen atoms in total. The molecule has 0 saturated carbocycles. The van der Waals surface area contributed by atoms with Crippen molar-refractivity contribution in [1.29, 1.82) is 0 Å². The van der Waals surface area contributed by atoms with E-state index in [1.807, 2.05) is 11.8 Å². The Labute approximate surface area is 85.5 Å². The van der Waals surface area contributed by atoms with Gasteiger partial charge in [-0.2, -0.15) is 11.8 Å². The Bertz CT molecular complexity index is 144. The van der Waals surface area contributed by atoms with E-state index in [2.05, 4.69) is 19.2 Å². The molecule has 13 heavy (non-hydrogen) atoms. The number of hydrogen-bond donors (Lipinski definition) is 2. The van der Waals surface area contributed by atoms with Crippen LogP contribution in [0, 0.1) is 0 Å². The van der Waals surface area contributed by atoms with Crippen molar-refractivity contribution in [2.75, 3.05) is 18.1 Å². The Balaban J connectivity index is 2.49. The number of hydrogen-bond acceptors (Lipinski definition) is 3. The minimum Gasteiger partial charge on any atom is -0.388 e. The van der Waals surface area contributed by atoms with E-state index < -0.39 is 5.60 Å². The number of thioether (sulfide) groups is 1. The van der Waals surface area contributed by atoms with Crippen LogP contribution in [0.25, 0.3) is 0 Å². The zero-order valence-corrected chi connectivity index (χ0v) is 9.49. The predicted molar refractivity (Wildman–Crippen MR) is 59.3 cm³/mol. The summed E-state index contributed by atoms with van der Waals surface area (Å²) in [4.78, 5) is 0. The maximum atomic E-state index is 10.4. The molecule has 0 aromatic carbocycles. The molecule has 1 aliphatic heterocycles. The van der Waals surface area contributed by atoms with Crippen LogP contribution in [-0.2, 0) is 0 Å². The molecule has 1 aliphatic rings. The lowest BCUT2D eigenvalue weighted by Gasteiger charge is -2.33. The van der Waals surface area contributed by atoms with Crippen molar-refractivity contribution < 1.29 is 5.11 Å². The molecule has 0 spiro atoms. The van der Waals surface area contributed by atoms with Crippen LogP contribution >= 0.6 is 11.8 Å². The highest BCUT2D eigenvalue weighted by Crippen LogP contribution is 2.28. The van der Waals surface area contributed by atoms with Crippen molar-refractivity contribution >= 4 is 11.8 Å². The van der Waals surface area contributed by atoms with Gasteiger partial charge in [-0.3, -0.25) is 0 Å². The van der Waals surface area contributed by atoms with Gasteiger partial charge in [0.2, 0.25) is 0 Å². The predicted octanol–water partition coefficient (Wildman–Crippen LogP) is 1.63. The number of nitrogens with one attached hydrogen (secondary N) is 1. The summed E-state index contributed by atoms with van der Waals surface area (Å²) in [7, 11) is 0. The molecule has 0 bridgehead atoms. The van der Waals surface area contributed by atoms with Crippen molar-refractivity contribution in [3.8, 4) is 0 Å². The first-order chi connectivity index (χ1) is 6.19. The molecule has 0 aromatic heterocycles. The van der Waals surface area contributed by atoms with E-state index in [0.29, 0.717) is 0 Å². The van der Waals surface area contributed by atoms with Crippen LogP contribution in [-0.4, -0.2) is 34.8 Å². The monoisotopic (exact) mass is 203 g/mol. The maximum absolute atomic E-state index is 10.4. The van der Waals surface area contributed by atoms with Crippen LogP contribution in [0.5, 0.6) is 0 Å². The van der Waals surface area contributed by atoms with Crippen LogP contribution < -0.4 is 5.32 Å². The quantitative estimate of drug-likeness (QED) is 0.731. The molecule has 2 atom stereocenters. The molecule has 1 fully saturated rings. The second-order valence-corrected chi connectivity index (χ2v) is 5.07. The Morgan fingerprint density at radius 2 is 2.23 bits per heavy atom. The summed E-state index contributed by atoms with van der Waals surface area (Å²) in [5, 5.41) is 13.7. The van der Waals surface area contributed by atoms with Gasteiger partial charge >= 0.3 is 0 Å². The van der Waals surface area contributed by atoms with E-state index >= 15 is 0 Å². The van der Waals surface area contributed by atoms with Gasteiger partial charge in [-0.25, -0.2) is 0 Å². The Morgan fingerprint density at radius 1 is 1.46 bits per heavy atom. The molecule has 2 unspecified atom stereocenters. The zero-order chi connectivity index (χ0) is 9.73. The van der Waals surface area contributed by atoms with Gasteiger partial charge in [-0.05, 0) is 44.2 Å². The normalized spacial score (nSPS) is 32.5. The number of rotatable bonds is 3. The molecule has 3 heteroatoms. The first-order valence-electron chi connectivity index (χ1n) is 5.22. The summed E-state index contributed by atoms with van der Waals surface area (Å²) in [6, 6.07) is 0.233. The number of aliphatic hydroxyl groups is 1. The Kier molecular flexibility index (Phi) is 4.56. The van der Waals surface area contributed by atoms with Crippen LogP contribution in [0.4, 0.5) is 0 Å². The average molecular weight is 203 g/mol. The molecule has 0 radical (unpaired) electrons. The fourth-order valence-corrected chi connectivity index (χ4v) is 2.94. The third kappa shape index (κ3) is 3.15. The summed E-state index contributed by atoms with van der Waals surface area (Å²) in [5.74, 6) is 2.31. The molecular weight excluding hydrogens is 182 g/mol. The van der Waals surface area contributed by atoms with E-state index in [1.165, 1.54) is 5.75 Å². The Hall–Kier alpha value is 0.270. The van der Waals surface area contributed by atoms with E-state index in [-0.39, 0.29) is 6.04 Å². The molecule has 78 valence electrons. The summed E-state index contributed by atoms with van der Waals surface area (Å²) < 4.78 is 0. The second kappa shape index (κ2) is 5.23. The van der Waals surface area contributed by atoms with E-state index in [4.69, 9.17) is 0 Å². The topological polar surface area (TPSA) is 32.3 Å². The molecule has 1 rings (SSSR count). The SMILES string of the molecule is CCNC(C)C1(O)CCCSCC1. The van der Waals surface area contributed by atoms with Crippen LogP contribution in [0.1, 0.15) is 33.1 Å². The largest absolute Gasteiger partial charge is 0.388 e. The van der Waals surface area contributed by atoms with Gasteiger partial charge < -0.3 is 10.4 Å². The minimum atomic E-state index is -0.459. The van der Waals surface area contributed by atoms with E-state index in [1.54, 1.807) is 0 Å². The highest BCUT2D eigenvalue weighted by Gasteiger charge is 2.33. The first kappa shape index (κ1) is 11.3. The van der Waals surface area contributed by atoms with Gasteiger partial charge in [-0.1, -0.05) is 6.92 Å². The highest BCUT2D eigenvalue weighted by atomic mass is 32.2. The van der Waals surface area contributed by atoms with Crippen LogP contribution in [0.3, 0.4) is 0 Å². The molecular formula is C10H21NOS. The molecule has 0 aromatic rings. The lowest BCUT2D eigenvalue weighted by molar-refractivity contribution is -0.00197. The maximum Gasteiger partial charge on any atom is 0.0805 e. The molecule has 1 heterocycles. The van der Waals surface area contributed by atoms with E-state index in [0.717, 1.165) is 31.6 Å². The Morgan fingerprint density at radius 3 is 2.92 bits per heavy atom. The fourth-order valence-electron chi connectivity index (χ4n) is 1.89. The van der Waals surface area contributed by atoms with E-state index in [9.17, 15) is 5.11 Å². The number of likely N-dealkylation sites (N-methyl/N-ethyl adjacent to an activating group) is 1. The molecule has 0 amide bonds. The van der Waals surface area contributed by atoms with Crippen LogP contribution in [0.15, 0.2) is 0 Å². The second-order valence-electron chi connectivity index (χ2n) is 3.85.